The molecule has 35 heavy (non-hydrogen) atoms. The van der Waals surface area contributed by atoms with Crippen LogP contribution in [0, 0.1) is 12.8 Å². The SMILES string of the molecule is Cc1ccc(N(CCCC(=O)N(CCc2ccccc2)[C@H](C)C(=O)NCC(C)C)S(C)(=O)=O)cc1. The molecule has 0 aliphatic heterocycles. The van der Waals surface area contributed by atoms with E-state index in [-0.39, 0.29) is 24.8 Å². The quantitative estimate of drug-likeness (QED) is 0.453. The Morgan fingerprint density at radius 1 is 0.943 bits per heavy atom. The van der Waals surface area contributed by atoms with Crippen LogP contribution < -0.4 is 9.62 Å². The summed E-state index contributed by atoms with van der Waals surface area (Å²) >= 11 is 0. The Labute approximate surface area is 210 Å². The summed E-state index contributed by atoms with van der Waals surface area (Å²) in [7, 11) is -3.50. The Morgan fingerprint density at radius 3 is 2.14 bits per heavy atom. The first-order chi connectivity index (χ1) is 16.5. The normalized spacial score (nSPS) is 12.3. The van der Waals surface area contributed by atoms with Gasteiger partial charge in [0.1, 0.15) is 6.04 Å². The zero-order chi connectivity index (χ0) is 26.0. The van der Waals surface area contributed by atoms with Gasteiger partial charge < -0.3 is 10.2 Å². The molecule has 0 radical (unpaired) electrons. The maximum atomic E-state index is 13.2. The topological polar surface area (TPSA) is 86.8 Å². The van der Waals surface area contributed by atoms with Gasteiger partial charge in [-0.25, -0.2) is 8.42 Å². The molecule has 2 amide bonds. The number of hydrogen-bond acceptors (Lipinski definition) is 4. The second kappa shape index (κ2) is 13.3. The summed E-state index contributed by atoms with van der Waals surface area (Å²) in [4.78, 5) is 27.6. The van der Waals surface area contributed by atoms with Crippen molar-refractivity contribution < 1.29 is 18.0 Å². The molecule has 2 aromatic rings. The average Bonchev–Trinajstić information content (AvgIpc) is 2.81. The van der Waals surface area contributed by atoms with Gasteiger partial charge in [-0.05, 0) is 50.3 Å². The molecule has 0 spiro atoms. The van der Waals surface area contributed by atoms with E-state index in [2.05, 4.69) is 5.32 Å². The lowest BCUT2D eigenvalue weighted by atomic mass is 10.1. The average molecular weight is 502 g/mol. The molecule has 0 aliphatic rings. The van der Waals surface area contributed by atoms with Crippen molar-refractivity contribution in [2.45, 2.75) is 53.0 Å². The van der Waals surface area contributed by atoms with E-state index in [9.17, 15) is 18.0 Å². The second-order valence-corrected chi connectivity index (χ2v) is 11.3. The van der Waals surface area contributed by atoms with Crippen LogP contribution in [0.3, 0.4) is 0 Å². The number of carbonyl (C=O) groups is 2. The minimum absolute atomic E-state index is 0.147. The Kier molecular flexibility index (Phi) is 10.8. The highest BCUT2D eigenvalue weighted by Gasteiger charge is 2.26. The van der Waals surface area contributed by atoms with E-state index >= 15 is 0 Å². The van der Waals surface area contributed by atoms with E-state index in [4.69, 9.17) is 0 Å². The van der Waals surface area contributed by atoms with Gasteiger partial charge in [-0.3, -0.25) is 13.9 Å². The summed E-state index contributed by atoms with van der Waals surface area (Å²) < 4.78 is 26.1. The van der Waals surface area contributed by atoms with Crippen molar-refractivity contribution in [1.29, 1.82) is 0 Å². The van der Waals surface area contributed by atoms with Crippen molar-refractivity contribution in [2.24, 2.45) is 5.92 Å². The number of nitrogens with zero attached hydrogens (tertiary/aromatic N) is 2. The minimum Gasteiger partial charge on any atom is -0.354 e. The van der Waals surface area contributed by atoms with Crippen molar-refractivity contribution in [3.63, 3.8) is 0 Å². The zero-order valence-corrected chi connectivity index (χ0v) is 22.3. The molecule has 0 saturated carbocycles. The monoisotopic (exact) mass is 501 g/mol. The maximum Gasteiger partial charge on any atom is 0.242 e. The van der Waals surface area contributed by atoms with Gasteiger partial charge in [-0.15, -0.1) is 0 Å². The van der Waals surface area contributed by atoms with Gasteiger partial charge in [0.05, 0.1) is 11.9 Å². The summed E-state index contributed by atoms with van der Waals surface area (Å²) in [6.45, 7) is 8.86. The van der Waals surface area contributed by atoms with Crippen LogP contribution in [-0.4, -0.2) is 57.1 Å². The third kappa shape index (κ3) is 9.36. The first-order valence-corrected chi connectivity index (χ1v) is 14.0. The predicted molar refractivity (Wildman–Crippen MR) is 142 cm³/mol. The fraction of sp³-hybridized carbons (Fsp3) is 0.481. The van der Waals surface area contributed by atoms with Crippen molar-refractivity contribution >= 4 is 27.5 Å². The summed E-state index contributed by atoms with van der Waals surface area (Å²) in [5.41, 5.74) is 2.70. The fourth-order valence-electron chi connectivity index (χ4n) is 3.74. The predicted octanol–water partition coefficient (Wildman–Crippen LogP) is 3.77. The lowest BCUT2D eigenvalue weighted by Crippen LogP contribution is -2.49. The molecule has 8 heteroatoms. The van der Waals surface area contributed by atoms with E-state index < -0.39 is 16.1 Å². The third-order valence-electron chi connectivity index (χ3n) is 5.81. The zero-order valence-electron chi connectivity index (χ0n) is 21.5. The fourth-order valence-corrected chi connectivity index (χ4v) is 4.70. The van der Waals surface area contributed by atoms with Crippen molar-refractivity contribution in [3.8, 4) is 0 Å². The van der Waals surface area contributed by atoms with E-state index in [1.54, 1.807) is 24.0 Å². The van der Waals surface area contributed by atoms with Crippen LogP contribution in [0.5, 0.6) is 0 Å². The van der Waals surface area contributed by atoms with Crippen LogP contribution >= 0.6 is 0 Å². The molecule has 1 atom stereocenters. The van der Waals surface area contributed by atoms with E-state index in [0.29, 0.717) is 37.5 Å². The van der Waals surface area contributed by atoms with E-state index in [1.807, 2.05) is 63.2 Å². The van der Waals surface area contributed by atoms with Gasteiger partial charge >= 0.3 is 0 Å². The van der Waals surface area contributed by atoms with E-state index in [1.165, 1.54) is 10.6 Å². The summed E-state index contributed by atoms with van der Waals surface area (Å²) in [5, 5.41) is 2.92. The highest BCUT2D eigenvalue weighted by molar-refractivity contribution is 7.92. The number of benzene rings is 2. The number of aryl methyl sites for hydroxylation is 1. The summed E-state index contributed by atoms with van der Waals surface area (Å²) in [6, 6.07) is 16.5. The van der Waals surface area contributed by atoms with Crippen LogP contribution in [0.15, 0.2) is 54.6 Å². The molecule has 0 aliphatic carbocycles. The van der Waals surface area contributed by atoms with Crippen LogP contribution in [0.1, 0.15) is 44.7 Å². The molecular formula is C27H39N3O4S. The maximum absolute atomic E-state index is 13.2. The van der Waals surface area contributed by atoms with Crippen LogP contribution in [0.4, 0.5) is 5.69 Å². The van der Waals surface area contributed by atoms with Gasteiger partial charge in [-0.2, -0.15) is 0 Å². The van der Waals surface area contributed by atoms with Crippen molar-refractivity contribution in [1.82, 2.24) is 10.2 Å². The third-order valence-corrected chi connectivity index (χ3v) is 7.00. The number of nitrogens with one attached hydrogen (secondary N) is 1. The Bertz CT molecular complexity index is 1050. The number of amides is 2. The Balaban J connectivity index is 2.09. The molecule has 1 N–H and O–H groups in total. The molecule has 2 aromatic carbocycles. The molecule has 7 nitrogen and oxygen atoms in total. The number of rotatable bonds is 13. The molecule has 0 saturated heterocycles. The molecule has 0 unspecified atom stereocenters. The molecule has 2 rings (SSSR count). The van der Waals surface area contributed by atoms with Gasteiger partial charge in [0.2, 0.25) is 21.8 Å². The van der Waals surface area contributed by atoms with E-state index in [0.717, 1.165) is 11.1 Å². The van der Waals surface area contributed by atoms with Crippen molar-refractivity contribution in [2.75, 3.05) is 30.2 Å². The van der Waals surface area contributed by atoms with Gasteiger partial charge in [-0.1, -0.05) is 61.9 Å². The van der Waals surface area contributed by atoms with Gasteiger partial charge in [0.15, 0.2) is 0 Å². The molecule has 0 heterocycles. The Hall–Kier alpha value is -2.87. The molecule has 0 fully saturated rings. The molecule has 192 valence electrons. The molecular weight excluding hydrogens is 462 g/mol. The summed E-state index contributed by atoms with van der Waals surface area (Å²) in [5.74, 6) is -0.0358. The largest absolute Gasteiger partial charge is 0.354 e. The summed E-state index contributed by atoms with van der Waals surface area (Å²) in [6.07, 6.45) is 2.30. The molecule has 0 bridgehead atoms. The first kappa shape index (κ1) is 28.4. The van der Waals surface area contributed by atoms with Gasteiger partial charge in [0.25, 0.3) is 0 Å². The van der Waals surface area contributed by atoms with Gasteiger partial charge in [0, 0.05) is 26.1 Å². The van der Waals surface area contributed by atoms with Crippen LogP contribution in [0.25, 0.3) is 0 Å². The van der Waals surface area contributed by atoms with Crippen LogP contribution in [0.2, 0.25) is 0 Å². The Morgan fingerprint density at radius 2 is 1.57 bits per heavy atom. The standard InChI is InChI=1S/C27H39N3O4S/c1-21(2)20-28-27(32)23(4)29(19-17-24-10-7-6-8-11-24)26(31)12-9-18-30(35(5,33)34)25-15-13-22(3)14-16-25/h6-8,10-11,13-16,21,23H,9,12,17-20H2,1-5H3,(H,28,32)/t23-/m1/s1. The minimum atomic E-state index is -3.50. The first-order valence-electron chi connectivity index (χ1n) is 12.1. The number of sulfonamides is 1. The number of carbonyl (C=O) groups excluding carboxylic acids is 2. The second-order valence-electron chi connectivity index (χ2n) is 9.41. The van der Waals surface area contributed by atoms with Crippen molar-refractivity contribution in [3.05, 3.63) is 65.7 Å². The lowest BCUT2D eigenvalue weighted by Gasteiger charge is -2.29. The van der Waals surface area contributed by atoms with Crippen LogP contribution in [-0.2, 0) is 26.0 Å². The number of hydrogen-bond donors (Lipinski definition) is 1. The lowest BCUT2D eigenvalue weighted by molar-refractivity contribution is -0.140. The number of anilines is 1. The highest BCUT2D eigenvalue weighted by Crippen LogP contribution is 2.19. The smallest absolute Gasteiger partial charge is 0.242 e. The highest BCUT2D eigenvalue weighted by atomic mass is 32.2. The molecule has 0 aromatic heterocycles.